The number of nitrogens with zero attached hydrogens (tertiary/aromatic N) is 2. The van der Waals surface area contributed by atoms with Gasteiger partial charge in [0, 0.05) is 38.1 Å². The fourth-order valence-corrected chi connectivity index (χ4v) is 9.63. The lowest BCUT2D eigenvalue weighted by Gasteiger charge is -2.38. The first-order chi connectivity index (χ1) is 23.2. The van der Waals surface area contributed by atoms with E-state index in [0.29, 0.717) is 45.6 Å². The van der Waals surface area contributed by atoms with Crippen molar-refractivity contribution in [3.63, 3.8) is 0 Å². The first-order valence-corrected chi connectivity index (χ1v) is 18.7. The van der Waals surface area contributed by atoms with Crippen LogP contribution in [0.3, 0.4) is 0 Å². The summed E-state index contributed by atoms with van der Waals surface area (Å²) < 4.78 is 0. The van der Waals surface area contributed by atoms with Crippen LogP contribution in [0, 0.1) is 33.0 Å². The summed E-state index contributed by atoms with van der Waals surface area (Å²) in [5.41, 5.74) is 3.68. The van der Waals surface area contributed by atoms with E-state index < -0.39 is 58.6 Å². The average Bonchev–Trinajstić information content (AvgIpc) is 3.21. The van der Waals surface area contributed by atoms with Crippen molar-refractivity contribution in [1.82, 2.24) is 31.1 Å². The molecule has 2 heterocycles. The highest BCUT2D eigenvalue weighted by Gasteiger charge is 2.85. The molecule has 0 aromatic rings. The maximum Gasteiger partial charge on any atom is 0.316 e. The molecule has 0 bridgehead atoms. The lowest BCUT2D eigenvalue weighted by atomic mass is 9.73. The molecule has 5 atom stereocenters. The van der Waals surface area contributed by atoms with Crippen molar-refractivity contribution in [3.05, 3.63) is 0 Å². The van der Waals surface area contributed by atoms with Crippen molar-refractivity contribution < 1.29 is 28.8 Å². The summed E-state index contributed by atoms with van der Waals surface area (Å²) in [5.74, 6) is -2.73. The van der Waals surface area contributed by atoms with Crippen LogP contribution >= 0.6 is 0 Å². The molecule has 6 N–H and O–H groups in total. The fraction of sp³-hybridized carbons (Fsp3) is 0.838. The molecular formula is C37H61N7O6. The van der Waals surface area contributed by atoms with E-state index in [-0.39, 0.29) is 34.0 Å². The number of primary amides is 1. The van der Waals surface area contributed by atoms with E-state index in [9.17, 15) is 28.8 Å². The summed E-state index contributed by atoms with van der Waals surface area (Å²) in [4.78, 5) is 84.7. The van der Waals surface area contributed by atoms with Gasteiger partial charge >= 0.3 is 6.03 Å². The second-order valence-electron chi connectivity index (χ2n) is 18.4. The molecule has 2 aliphatic heterocycles. The maximum absolute atomic E-state index is 14.8. The van der Waals surface area contributed by atoms with Gasteiger partial charge in [0.05, 0.1) is 6.04 Å². The number of piperazine rings is 1. The van der Waals surface area contributed by atoms with Crippen molar-refractivity contribution in [2.75, 3.05) is 32.7 Å². The highest BCUT2D eigenvalue weighted by molar-refractivity contribution is 6.37. The first-order valence-electron chi connectivity index (χ1n) is 18.7. The molecule has 13 heteroatoms. The number of nitrogens with two attached hydrogens (primary N) is 1. The van der Waals surface area contributed by atoms with Gasteiger partial charge in [0.1, 0.15) is 18.1 Å². The third-order valence-corrected chi connectivity index (χ3v) is 13.3. The number of urea groups is 1. The van der Waals surface area contributed by atoms with Gasteiger partial charge in [-0.2, -0.15) is 0 Å². The number of likely N-dealkylation sites (tertiary alicyclic amines) is 1. The summed E-state index contributed by atoms with van der Waals surface area (Å²) in [6.07, 6.45) is 6.80. The van der Waals surface area contributed by atoms with Crippen LogP contribution in [0.4, 0.5) is 4.79 Å². The van der Waals surface area contributed by atoms with Gasteiger partial charge in [0.2, 0.25) is 23.5 Å². The third kappa shape index (κ3) is 6.63. The second-order valence-corrected chi connectivity index (χ2v) is 18.4. The van der Waals surface area contributed by atoms with Crippen LogP contribution in [0.1, 0.15) is 107 Å². The Bertz CT molecular complexity index is 1380. The molecule has 2 spiro atoms. The molecule has 2 saturated heterocycles. The topological polar surface area (TPSA) is 183 Å². The number of carbonyl (C=O) groups excluding carboxylic acids is 6. The Balaban J connectivity index is 1.40. The number of Topliss-reactive ketones (excluding diaryl/α,β-unsaturated/α-hetero) is 1. The van der Waals surface area contributed by atoms with Crippen molar-refractivity contribution >= 4 is 35.4 Å². The number of carbonyl (C=O) groups is 6. The molecular weight excluding hydrogens is 638 g/mol. The van der Waals surface area contributed by atoms with Crippen LogP contribution in [-0.4, -0.2) is 102 Å². The van der Waals surface area contributed by atoms with Crippen LogP contribution in [0.2, 0.25) is 0 Å². The molecule has 0 aromatic carbocycles. The SMILES string of the molecule is CC(C)(C)[C@H](NC(=O)N[C@H](C(=O)N1CC2(CC1C(=O)NC(CC1CCC1)C(=O)C(N)=O)C(C)(C)C21CCC1)C(C)(C)C)C(=O)N1CCNCC1. The van der Waals surface area contributed by atoms with Gasteiger partial charge in [-0.3, -0.25) is 24.0 Å². The Hall–Kier alpha value is -3.22. The minimum Gasteiger partial charge on any atom is -0.363 e. The molecule has 6 amide bonds. The first kappa shape index (κ1) is 38.0. The van der Waals surface area contributed by atoms with E-state index in [1.54, 1.807) is 9.80 Å². The Kier molecular flexibility index (Phi) is 10.2. The Labute approximate surface area is 297 Å². The van der Waals surface area contributed by atoms with Crippen molar-refractivity contribution in [1.29, 1.82) is 0 Å². The predicted octanol–water partition coefficient (Wildman–Crippen LogP) is 2.07. The zero-order valence-electron chi connectivity index (χ0n) is 31.5. The zero-order valence-corrected chi connectivity index (χ0v) is 31.5. The van der Waals surface area contributed by atoms with Gasteiger partial charge in [-0.25, -0.2) is 4.79 Å². The van der Waals surface area contributed by atoms with Gasteiger partial charge < -0.3 is 36.8 Å². The molecule has 5 aliphatic rings. The summed E-state index contributed by atoms with van der Waals surface area (Å²) in [6, 6.07) is -4.43. The summed E-state index contributed by atoms with van der Waals surface area (Å²) in [6.45, 7) is 18.5. The normalized spacial score (nSPS) is 27.4. The van der Waals surface area contributed by atoms with Gasteiger partial charge in [-0.1, -0.05) is 81.1 Å². The summed E-state index contributed by atoms with van der Waals surface area (Å²) in [5, 5.41) is 11.9. The van der Waals surface area contributed by atoms with E-state index in [1.807, 2.05) is 41.5 Å². The van der Waals surface area contributed by atoms with Crippen LogP contribution < -0.4 is 27.0 Å². The summed E-state index contributed by atoms with van der Waals surface area (Å²) in [7, 11) is 0. The predicted molar refractivity (Wildman–Crippen MR) is 188 cm³/mol. The van der Waals surface area contributed by atoms with E-state index in [1.165, 1.54) is 0 Å². The Morgan fingerprint density at radius 3 is 1.82 bits per heavy atom. The van der Waals surface area contributed by atoms with Gasteiger partial charge in [-0.05, 0) is 53.3 Å². The minimum atomic E-state index is -1.09. The number of ketones is 1. The molecule has 3 unspecified atom stereocenters. The molecule has 5 fully saturated rings. The quantitative estimate of drug-likeness (QED) is 0.216. The highest BCUT2D eigenvalue weighted by Crippen LogP contribution is 2.88. The maximum atomic E-state index is 14.8. The molecule has 13 nitrogen and oxygen atoms in total. The number of fused-ring (bicyclic) bond motifs is 1. The monoisotopic (exact) mass is 699 g/mol. The number of amides is 6. The molecule has 280 valence electrons. The van der Waals surface area contributed by atoms with Gasteiger partial charge in [0.25, 0.3) is 5.91 Å². The number of hydrogen-bond donors (Lipinski definition) is 5. The van der Waals surface area contributed by atoms with Crippen LogP contribution in [0.25, 0.3) is 0 Å². The molecule has 3 aliphatic carbocycles. The molecule has 50 heavy (non-hydrogen) atoms. The largest absolute Gasteiger partial charge is 0.363 e. The average molecular weight is 700 g/mol. The number of hydrogen-bond acceptors (Lipinski definition) is 7. The van der Waals surface area contributed by atoms with Gasteiger partial charge in [0.15, 0.2) is 0 Å². The van der Waals surface area contributed by atoms with Crippen LogP contribution in [0.15, 0.2) is 0 Å². The molecule has 0 aromatic heterocycles. The molecule has 0 radical (unpaired) electrons. The molecule has 3 saturated carbocycles. The highest BCUT2D eigenvalue weighted by atomic mass is 16.2. The van der Waals surface area contributed by atoms with E-state index in [0.717, 1.165) is 38.5 Å². The van der Waals surface area contributed by atoms with E-state index in [2.05, 4.69) is 35.1 Å². The van der Waals surface area contributed by atoms with Crippen LogP contribution in [0.5, 0.6) is 0 Å². The Morgan fingerprint density at radius 2 is 1.38 bits per heavy atom. The third-order valence-electron chi connectivity index (χ3n) is 13.3. The standard InChI is InChI=1S/C37H61N7O6/c1-33(2,3)26(30(48)43-17-15-39-16-18-43)41-32(50)42-27(34(4,5)6)31(49)44-21-37(35(7,8)36(37)13-10-14-36)20-24(44)29(47)40-23(25(45)28(38)46)19-22-11-9-12-22/h22-24,26-27,39H,9-21H2,1-8H3,(H2,38,46)(H,40,47)(H2,41,42,50)/t23?,24?,26-,27-,37?/m1/s1. The van der Waals surface area contributed by atoms with Crippen LogP contribution in [-0.2, 0) is 24.0 Å². The van der Waals surface area contributed by atoms with E-state index in [4.69, 9.17) is 5.73 Å². The van der Waals surface area contributed by atoms with Gasteiger partial charge in [-0.15, -0.1) is 0 Å². The lowest BCUT2D eigenvalue weighted by Crippen LogP contribution is -2.63. The smallest absolute Gasteiger partial charge is 0.316 e. The van der Waals surface area contributed by atoms with Crippen molar-refractivity contribution in [3.8, 4) is 0 Å². The van der Waals surface area contributed by atoms with Crippen molar-refractivity contribution in [2.45, 2.75) is 131 Å². The zero-order chi connectivity index (χ0) is 37.0. The molecule has 5 rings (SSSR count). The van der Waals surface area contributed by atoms with E-state index >= 15 is 0 Å². The number of nitrogens with one attached hydrogen (secondary N) is 4. The lowest BCUT2D eigenvalue weighted by molar-refractivity contribution is -0.143. The minimum absolute atomic E-state index is 0.0221. The van der Waals surface area contributed by atoms with Crippen molar-refractivity contribution in [2.24, 2.45) is 38.7 Å². The Morgan fingerprint density at radius 1 is 0.820 bits per heavy atom. The summed E-state index contributed by atoms with van der Waals surface area (Å²) >= 11 is 0. The number of rotatable bonds is 10. The second kappa shape index (κ2) is 13.4. The fourth-order valence-electron chi connectivity index (χ4n) is 9.63.